The van der Waals surface area contributed by atoms with E-state index in [1.165, 1.54) is 12.3 Å². The minimum Gasteiger partial charge on any atom is -0.462 e. The van der Waals surface area contributed by atoms with Gasteiger partial charge in [-0.15, -0.1) is 11.3 Å². The Hall–Kier alpha value is -1.32. The molecule has 2 N–H and O–H groups in total. The largest absolute Gasteiger partial charge is 0.462 e. The molecular formula is C12H13BrN2O4S2. The van der Waals surface area contributed by atoms with Crippen LogP contribution in [0.25, 0.3) is 0 Å². The van der Waals surface area contributed by atoms with E-state index in [1.807, 2.05) is 0 Å². The predicted molar refractivity (Wildman–Crippen MR) is 84.3 cm³/mol. The van der Waals surface area contributed by atoms with Crippen molar-refractivity contribution in [2.75, 3.05) is 11.3 Å². The second kappa shape index (κ2) is 6.20. The van der Waals surface area contributed by atoms with Crippen LogP contribution in [-0.2, 0) is 14.8 Å². The summed E-state index contributed by atoms with van der Waals surface area (Å²) < 4.78 is 32.7. The van der Waals surface area contributed by atoms with E-state index >= 15 is 0 Å². The third kappa shape index (κ3) is 3.47. The smallest absolute Gasteiger partial charge is 0.342 e. The van der Waals surface area contributed by atoms with Crippen LogP contribution in [0.3, 0.4) is 0 Å². The second-order valence-electron chi connectivity index (χ2n) is 4.09. The highest BCUT2D eigenvalue weighted by molar-refractivity contribution is 9.11. The van der Waals surface area contributed by atoms with Crippen LogP contribution in [0.1, 0.15) is 23.0 Å². The Morgan fingerprint density at radius 3 is 2.76 bits per heavy atom. The molecule has 2 heterocycles. The molecule has 0 radical (unpaired) electrons. The molecule has 0 unspecified atom stereocenters. The van der Waals surface area contributed by atoms with Gasteiger partial charge in [-0.3, -0.25) is 4.72 Å². The molecule has 2 aromatic rings. The van der Waals surface area contributed by atoms with E-state index < -0.39 is 16.0 Å². The first kappa shape index (κ1) is 16.1. The number of hydrogen-bond donors (Lipinski definition) is 2. The molecule has 0 saturated carbocycles. The number of esters is 1. The van der Waals surface area contributed by atoms with Crippen molar-refractivity contribution in [2.24, 2.45) is 0 Å². The number of halogens is 1. The highest BCUT2D eigenvalue weighted by atomic mass is 79.9. The van der Waals surface area contributed by atoms with E-state index in [2.05, 4.69) is 25.6 Å². The van der Waals surface area contributed by atoms with Crippen molar-refractivity contribution >= 4 is 48.9 Å². The minimum atomic E-state index is -3.74. The Bertz CT molecular complexity index is 764. The quantitative estimate of drug-likeness (QED) is 0.764. The van der Waals surface area contributed by atoms with Gasteiger partial charge in [0, 0.05) is 11.9 Å². The van der Waals surface area contributed by atoms with Crippen molar-refractivity contribution in [3.63, 3.8) is 0 Å². The highest BCUT2D eigenvalue weighted by Gasteiger charge is 2.23. The topological polar surface area (TPSA) is 88.3 Å². The fraction of sp³-hybridized carbons (Fsp3) is 0.250. The molecule has 2 aromatic heterocycles. The molecule has 0 fully saturated rings. The van der Waals surface area contributed by atoms with Crippen LogP contribution in [0, 0.1) is 6.92 Å². The molecule has 0 bridgehead atoms. The van der Waals surface area contributed by atoms with Crippen molar-refractivity contribution < 1.29 is 17.9 Å². The van der Waals surface area contributed by atoms with E-state index in [9.17, 15) is 13.2 Å². The predicted octanol–water partition coefficient (Wildman–Crippen LogP) is 3.12. The molecule has 0 amide bonds. The zero-order valence-corrected chi connectivity index (χ0v) is 14.5. The van der Waals surface area contributed by atoms with E-state index in [1.54, 1.807) is 19.9 Å². The average molecular weight is 393 g/mol. The summed E-state index contributed by atoms with van der Waals surface area (Å²) in [7, 11) is -3.74. The molecule has 0 atom stereocenters. The van der Waals surface area contributed by atoms with Crippen molar-refractivity contribution in [1.82, 2.24) is 4.98 Å². The molecule has 0 aromatic carbocycles. The molecule has 0 aliphatic heterocycles. The van der Waals surface area contributed by atoms with Crippen molar-refractivity contribution in [3.8, 4) is 0 Å². The first-order valence-corrected chi connectivity index (χ1v) is 9.07. The number of H-pyrrole nitrogens is 1. The highest BCUT2D eigenvalue weighted by Crippen LogP contribution is 2.29. The van der Waals surface area contributed by atoms with Gasteiger partial charge in [0.1, 0.15) is 9.77 Å². The van der Waals surface area contributed by atoms with Gasteiger partial charge in [0.2, 0.25) is 0 Å². The van der Waals surface area contributed by atoms with E-state index in [-0.39, 0.29) is 22.1 Å². The molecule has 0 saturated heterocycles. The number of rotatable bonds is 5. The number of ether oxygens (including phenoxy) is 1. The summed E-state index contributed by atoms with van der Waals surface area (Å²) in [4.78, 5) is 14.7. The van der Waals surface area contributed by atoms with E-state index in [0.717, 1.165) is 11.3 Å². The lowest BCUT2D eigenvalue weighted by molar-refractivity contribution is 0.0527. The third-order valence-electron chi connectivity index (χ3n) is 2.61. The number of carbonyl (C=O) groups is 1. The molecule has 9 heteroatoms. The van der Waals surface area contributed by atoms with Crippen LogP contribution in [0.4, 0.5) is 5.69 Å². The summed E-state index contributed by atoms with van der Waals surface area (Å²) in [6, 6.07) is 3.13. The summed E-state index contributed by atoms with van der Waals surface area (Å²) >= 11 is 4.30. The lowest BCUT2D eigenvalue weighted by atomic mass is 10.2. The van der Waals surface area contributed by atoms with Gasteiger partial charge >= 0.3 is 5.97 Å². The van der Waals surface area contributed by atoms with Gasteiger partial charge in [0.15, 0.2) is 0 Å². The number of nitrogens with one attached hydrogen (secondary N) is 2. The molecule has 0 aliphatic rings. The Kier molecular flexibility index (Phi) is 4.74. The van der Waals surface area contributed by atoms with Gasteiger partial charge in [0.25, 0.3) is 10.0 Å². The average Bonchev–Trinajstić information content (AvgIpc) is 2.97. The lowest BCUT2D eigenvalue weighted by Crippen LogP contribution is -2.15. The number of thiophene rings is 1. The summed E-state index contributed by atoms with van der Waals surface area (Å²) in [6.45, 7) is 3.58. The Morgan fingerprint density at radius 1 is 1.48 bits per heavy atom. The lowest BCUT2D eigenvalue weighted by Gasteiger charge is -2.07. The standard InChI is InChI=1S/C12H13BrN2O4S2/c1-3-19-12(16)11-7(2)14-6-8(11)15-21(17,18)10-5-4-9(13)20-10/h4-6,14-15H,3H2,1-2H3. The van der Waals surface area contributed by atoms with Crippen LogP contribution < -0.4 is 4.72 Å². The fourth-order valence-corrected chi connectivity index (χ4v) is 4.78. The first-order chi connectivity index (χ1) is 9.85. The Balaban J connectivity index is 2.34. The summed E-state index contributed by atoms with van der Waals surface area (Å²) in [5.41, 5.74) is 0.907. The van der Waals surface area contributed by atoms with Crippen molar-refractivity contribution in [3.05, 3.63) is 33.4 Å². The Morgan fingerprint density at radius 2 is 2.19 bits per heavy atom. The van der Waals surface area contributed by atoms with Crippen molar-refractivity contribution in [1.29, 1.82) is 0 Å². The van der Waals surface area contributed by atoms with Gasteiger partial charge in [-0.25, -0.2) is 13.2 Å². The summed E-state index contributed by atoms with van der Waals surface area (Å²) in [6.07, 6.45) is 1.43. The number of anilines is 1. The summed E-state index contributed by atoms with van der Waals surface area (Å²) in [5, 5.41) is 0. The Labute approximate surface area is 134 Å². The SMILES string of the molecule is CCOC(=O)c1c(NS(=O)(=O)c2ccc(Br)s2)c[nH]c1C. The third-order valence-corrected chi connectivity index (χ3v) is 6.10. The van der Waals surface area contributed by atoms with Gasteiger partial charge in [-0.2, -0.15) is 0 Å². The van der Waals surface area contributed by atoms with Crippen LogP contribution in [0.15, 0.2) is 26.3 Å². The van der Waals surface area contributed by atoms with E-state index in [4.69, 9.17) is 4.74 Å². The number of aryl methyl sites for hydroxylation is 1. The zero-order valence-electron chi connectivity index (χ0n) is 11.3. The van der Waals surface area contributed by atoms with Gasteiger partial charge in [0.05, 0.1) is 16.1 Å². The zero-order chi connectivity index (χ0) is 15.6. The monoisotopic (exact) mass is 392 g/mol. The van der Waals surface area contributed by atoms with Gasteiger partial charge in [-0.05, 0) is 41.9 Å². The number of sulfonamides is 1. The number of carbonyl (C=O) groups excluding carboxylic acids is 1. The number of aromatic amines is 1. The second-order valence-corrected chi connectivity index (χ2v) is 8.46. The fourth-order valence-electron chi connectivity index (χ4n) is 1.71. The maximum Gasteiger partial charge on any atom is 0.342 e. The number of hydrogen-bond acceptors (Lipinski definition) is 5. The van der Waals surface area contributed by atoms with Gasteiger partial charge < -0.3 is 9.72 Å². The van der Waals surface area contributed by atoms with Crippen LogP contribution in [-0.4, -0.2) is 26.0 Å². The van der Waals surface area contributed by atoms with Gasteiger partial charge in [-0.1, -0.05) is 0 Å². The minimum absolute atomic E-state index is 0.156. The molecule has 2 rings (SSSR count). The normalized spacial score (nSPS) is 11.4. The maximum absolute atomic E-state index is 12.3. The molecule has 0 aliphatic carbocycles. The van der Waals surface area contributed by atoms with Crippen LogP contribution in [0.2, 0.25) is 0 Å². The number of aromatic nitrogens is 1. The van der Waals surface area contributed by atoms with Crippen LogP contribution in [0.5, 0.6) is 0 Å². The van der Waals surface area contributed by atoms with Crippen molar-refractivity contribution in [2.45, 2.75) is 18.1 Å². The summed E-state index contributed by atoms with van der Waals surface area (Å²) in [5.74, 6) is -0.568. The van der Waals surface area contributed by atoms with Crippen LogP contribution >= 0.6 is 27.3 Å². The maximum atomic E-state index is 12.3. The molecule has 6 nitrogen and oxygen atoms in total. The molecular weight excluding hydrogens is 380 g/mol. The molecule has 114 valence electrons. The first-order valence-electron chi connectivity index (χ1n) is 5.98. The molecule has 21 heavy (non-hydrogen) atoms. The van der Waals surface area contributed by atoms with E-state index in [0.29, 0.717) is 9.48 Å². The molecule has 0 spiro atoms.